The van der Waals surface area contributed by atoms with E-state index in [1.807, 2.05) is 0 Å². The first-order valence-corrected chi connectivity index (χ1v) is 7.55. The molecular weight excluding hydrogens is 285 g/mol. The molecule has 3 rings (SSSR count). The molecule has 7 heteroatoms. The smallest absolute Gasteiger partial charge is 0.365 e. The molecular formula is C14H21F3N2O2. The van der Waals surface area contributed by atoms with Crippen LogP contribution >= 0.6 is 0 Å². The monoisotopic (exact) mass is 306 g/mol. The van der Waals surface area contributed by atoms with E-state index in [9.17, 15) is 18.0 Å². The fourth-order valence-corrected chi connectivity index (χ4v) is 3.84. The van der Waals surface area contributed by atoms with Crippen LogP contribution in [0.1, 0.15) is 26.2 Å². The number of carbonyl (C=O) groups excluding carboxylic acids is 1. The molecule has 120 valence electrons. The maximum Gasteiger partial charge on any atom is 0.416 e. The number of morpholine rings is 1. The zero-order chi connectivity index (χ0) is 15.3. The van der Waals surface area contributed by atoms with Crippen LogP contribution < -0.4 is 5.32 Å². The number of hydrogen-bond donors (Lipinski definition) is 1. The average Bonchev–Trinajstić information content (AvgIpc) is 3.11. The van der Waals surface area contributed by atoms with Gasteiger partial charge in [-0.05, 0) is 44.7 Å². The van der Waals surface area contributed by atoms with E-state index in [1.165, 1.54) is 11.8 Å². The van der Waals surface area contributed by atoms with Crippen molar-refractivity contribution in [3.05, 3.63) is 0 Å². The molecule has 3 atom stereocenters. The Labute approximate surface area is 122 Å². The van der Waals surface area contributed by atoms with Crippen molar-refractivity contribution >= 4 is 5.91 Å². The molecule has 1 spiro atoms. The number of rotatable bonds is 1. The van der Waals surface area contributed by atoms with E-state index >= 15 is 0 Å². The highest BCUT2D eigenvalue weighted by atomic mass is 19.4. The average molecular weight is 306 g/mol. The molecule has 0 bridgehead atoms. The fourth-order valence-electron chi connectivity index (χ4n) is 3.84. The van der Waals surface area contributed by atoms with Gasteiger partial charge < -0.3 is 15.0 Å². The lowest BCUT2D eigenvalue weighted by Crippen LogP contribution is -2.57. The molecule has 3 aliphatic rings. The Morgan fingerprint density at radius 2 is 2.00 bits per heavy atom. The molecule has 21 heavy (non-hydrogen) atoms. The van der Waals surface area contributed by atoms with Crippen LogP contribution in [0.25, 0.3) is 0 Å². The van der Waals surface area contributed by atoms with Crippen LogP contribution in [0.4, 0.5) is 13.2 Å². The minimum absolute atomic E-state index is 0.0401. The van der Waals surface area contributed by atoms with Crippen molar-refractivity contribution in [1.82, 2.24) is 10.2 Å². The number of nitrogens with zero attached hydrogens (tertiary/aromatic N) is 1. The Bertz CT molecular complexity index is 421. The molecule has 0 aromatic carbocycles. The van der Waals surface area contributed by atoms with Crippen LogP contribution in [0.5, 0.6) is 0 Å². The van der Waals surface area contributed by atoms with Crippen molar-refractivity contribution in [3.8, 4) is 0 Å². The number of alkyl halides is 3. The van der Waals surface area contributed by atoms with Crippen LogP contribution in [-0.2, 0) is 9.53 Å². The van der Waals surface area contributed by atoms with Crippen LogP contribution in [0.15, 0.2) is 0 Å². The van der Waals surface area contributed by atoms with E-state index in [4.69, 9.17) is 4.74 Å². The lowest BCUT2D eigenvalue weighted by atomic mass is 9.91. The van der Waals surface area contributed by atoms with E-state index in [-0.39, 0.29) is 30.4 Å². The van der Waals surface area contributed by atoms with E-state index in [0.29, 0.717) is 0 Å². The summed E-state index contributed by atoms with van der Waals surface area (Å²) in [6.45, 7) is 3.45. The third-order valence-corrected chi connectivity index (χ3v) is 5.25. The van der Waals surface area contributed by atoms with E-state index < -0.39 is 18.3 Å². The van der Waals surface area contributed by atoms with Crippen LogP contribution in [0.2, 0.25) is 0 Å². The molecule has 4 nitrogen and oxygen atoms in total. The van der Waals surface area contributed by atoms with Gasteiger partial charge in [-0.15, -0.1) is 0 Å². The van der Waals surface area contributed by atoms with Gasteiger partial charge in [-0.1, -0.05) is 0 Å². The topological polar surface area (TPSA) is 41.6 Å². The molecule has 0 radical (unpaired) electrons. The summed E-state index contributed by atoms with van der Waals surface area (Å²) < 4.78 is 43.6. The highest BCUT2D eigenvalue weighted by Crippen LogP contribution is 2.59. The fraction of sp³-hybridized carbons (Fsp3) is 0.929. The van der Waals surface area contributed by atoms with Gasteiger partial charge in [-0.3, -0.25) is 4.79 Å². The molecule has 1 N–H and O–H groups in total. The lowest BCUT2D eigenvalue weighted by Gasteiger charge is -2.40. The Hall–Kier alpha value is -0.820. The number of carbonyl (C=O) groups is 1. The summed E-state index contributed by atoms with van der Waals surface area (Å²) in [6, 6.07) is -0.939. The first kappa shape index (κ1) is 15.1. The van der Waals surface area contributed by atoms with Gasteiger partial charge in [0.15, 0.2) is 6.10 Å². The maximum absolute atomic E-state index is 12.9. The second kappa shape index (κ2) is 5.12. The van der Waals surface area contributed by atoms with Gasteiger partial charge in [0.2, 0.25) is 5.91 Å². The van der Waals surface area contributed by atoms with Crippen molar-refractivity contribution in [2.75, 3.05) is 26.2 Å². The maximum atomic E-state index is 12.9. The standard InChI is InChI=1S/C14H21F3N2O2/c1-9-11(14(15,16)17)21-7-6-19(9)12(20)10-8-13(10)2-4-18-5-3-13/h9-11,18H,2-8H2,1H3. The number of hydrogen-bond acceptors (Lipinski definition) is 3. The first-order chi connectivity index (χ1) is 9.85. The van der Waals surface area contributed by atoms with Gasteiger partial charge in [0.1, 0.15) is 0 Å². The minimum atomic E-state index is -4.42. The Kier molecular flexibility index (Phi) is 3.68. The summed E-state index contributed by atoms with van der Waals surface area (Å²) in [7, 11) is 0. The second-order valence-electron chi connectivity index (χ2n) is 6.47. The van der Waals surface area contributed by atoms with Gasteiger partial charge >= 0.3 is 6.18 Å². The summed E-state index contributed by atoms with van der Waals surface area (Å²) in [5, 5.41) is 3.26. The Morgan fingerprint density at radius 1 is 1.33 bits per heavy atom. The lowest BCUT2D eigenvalue weighted by molar-refractivity contribution is -0.250. The minimum Gasteiger partial charge on any atom is -0.365 e. The number of piperidine rings is 1. The van der Waals surface area contributed by atoms with Gasteiger partial charge in [0, 0.05) is 12.5 Å². The van der Waals surface area contributed by atoms with Crippen LogP contribution in [0, 0.1) is 11.3 Å². The van der Waals surface area contributed by atoms with Gasteiger partial charge in [0.25, 0.3) is 0 Å². The Balaban J connectivity index is 1.67. The number of halogens is 3. The Morgan fingerprint density at radius 3 is 2.62 bits per heavy atom. The number of nitrogens with one attached hydrogen (secondary N) is 1. The third kappa shape index (κ3) is 2.65. The van der Waals surface area contributed by atoms with Crippen molar-refractivity contribution in [2.24, 2.45) is 11.3 Å². The van der Waals surface area contributed by atoms with Gasteiger partial charge in [-0.25, -0.2) is 0 Å². The summed E-state index contributed by atoms with van der Waals surface area (Å²) in [5.41, 5.74) is 0.0497. The van der Waals surface area contributed by atoms with Gasteiger partial charge in [-0.2, -0.15) is 13.2 Å². The van der Waals surface area contributed by atoms with Crippen LogP contribution in [0.3, 0.4) is 0 Å². The van der Waals surface area contributed by atoms with E-state index in [1.54, 1.807) is 0 Å². The summed E-state index contributed by atoms with van der Waals surface area (Å²) in [4.78, 5) is 14.0. The highest BCUT2D eigenvalue weighted by molar-refractivity contribution is 5.83. The zero-order valence-electron chi connectivity index (χ0n) is 12.1. The zero-order valence-corrected chi connectivity index (χ0v) is 12.1. The van der Waals surface area contributed by atoms with E-state index in [0.717, 1.165) is 32.4 Å². The number of ether oxygens (including phenoxy) is 1. The van der Waals surface area contributed by atoms with Gasteiger partial charge in [0.05, 0.1) is 12.6 Å². The predicted molar refractivity (Wildman–Crippen MR) is 69.6 cm³/mol. The molecule has 0 aromatic heterocycles. The largest absolute Gasteiger partial charge is 0.416 e. The quantitative estimate of drug-likeness (QED) is 0.799. The molecule has 2 aliphatic heterocycles. The SMILES string of the molecule is CC1C(C(F)(F)F)OCCN1C(=O)C1CC12CCNCC2. The number of amides is 1. The molecule has 2 saturated heterocycles. The van der Waals surface area contributed by atoms with Crippen LogP contribution in [-0.4, -0.2) is 55.4 Å². The van der Waals surface area contributed by atoms with Crippen molar-refractivity contribution in [1.29, 1.82) is 0 Å². The van der Waals surface area contributed by atoms with E-state index in [2.05, 4.69) is 5.32 Å². The predicted octanol–water partition coefficient (Wildman–Crippen LogP) is 1.55. The summed E-state index contributed by atoms with van der Waals surface area (Å²) >= 11 is 0. The van der Waals surface area contributed by atoms with Crippen molar-refractivity contribution < 1.29 is 22.7 Å². The highest BCUT2D eigenvalue weighted by Gasteiger charge is 2.60. The first-order valence-electron chi connectivity index (χ1n) is 7.55. The molecule has 3 unspecified atom stereocenters. The second-order valence-corrected chi connectivity index (χ2v) is 6.47. The molecule has 0 aromatic rings. The molecule has 2 heterocycles. The normalized spacial score (nSPS) is 35.8. The molecule has 3 fully saturated rings. The molecule has 1 amide bonds. The third-order valence-electron chi connectivity index (χ3n) is 5.25. The summed E-state index contributed by atoms with van der Waals surface area (Å²) in [5.74, 6) is -0.198. The molecule has 1 aliphatic carbocycles. The molecule has 1 saturated carbocycles. The van der Waals surface area contributed by atoms with Crippen molar-refractivity contribution in [3.63, 3.8) is 0 Å². The summed E-state index contributed by atoms with van der Waals surface area (Å²) in [6.07, 6.45) is -3.56. The van der Waals surface area contributed by atoms with Crippen molar-refractivity contribution in [2.45, 2.75) is 44.5 Å².